The van der Waals surface area contributed by atoms with E-state index in [9.17, 15) is 5.02 Å². The van der Waals surface area contributed by atoms with Gasteiger partial charge in [-0.2, -0.15) is 0 Å². The Kier molecular flexibility index (Phi) is 5.09. The Morgan fingerprint density at radius 2 is 1.94 bits per heavy atom. The quantitative estimate of drug-likeness (QED) is 0.798. The molecule has 18 heavy (non-hydrogen) atoms. The smallest absolute Gasteiger partial charge is 0.376 e. The molecule has 0 amide bonds. The Balaban J connectivity index is 2.66. The van der Waals surface area contributed by atoms with E-state index in [-0.39, 0.29) is 12.1 Å². The molecule has 1 fully saturated rings. The van der Waals surface area contributed by atoms with E-state index in [1.807, 2.05) is 6.82 Å². The van der Waals surface area contributed by atoms with Crippen LogP contribution in [-0.4, -0.2) is 43.9 Å². The zero-order chi connectivity index (χ0) is 14.1. The molecule has 0 aromatic rings. The van der Waals surface area contributed by atoms with Crippen molar-refractivity contribution in [3.8, 4) is 0 Å². The van der Waals surface area contributed by atoms with E-state index >= 15 is 0 Å². The van der Waals surface area contributed by atoms with Crippen molar-refractivity contribution in [1.82, 2.24) is 4.81 Å². The third-order valence-electron chi connectivity index (χ3n) is 4.64. The van der Waals surface area contributed by atoms with Crippen LogP contribution in [0.2, 0.25) is 25.0 Å². The Bertz CT molecular complexity index is 279. The molecule has 0 spiro atoms. The molecule has 0 aromatic heterocycles. The van der Waals surface area contributed by atoms with Crippen molar-refractivity contribution in [2.24, 2.45) is 0 Å². The van der Waals surface area contributed by atoms with Crippen LogP contribution in [0.3, 0.4) is 0 Å². The van der Waals surface area contributed by atoms with E-state index < -0.39 is 8.32 Å². The molecule has 1 saturated heterocycles. The predicted octanol–water partition coefficient (Wildman–Crippen LogP) is 2.97. The van der Waals surface area contributed by atoms with Crippen LogP contribution >= 0.6 is 0 Å². The van der Waals surface area contributed by atoms with Gasteiger partial charge in [0.2, 0.25) is 0 Å². The Morgan fingerprint density at radius 1 is 1.39 bits per heavy atom. The SMILES string of the molecule is CC[C@H]1C[C@H](O[Si](C)(C)C(C)(C)C)CN1B(C)O. The highest BCUT2D eigenvalue weighted by Crippen LogP contribution is 2.39. The molecule has 1 N–H and O–H groups in total. The van der Waals surface area contributed by atoms with Gasteiger partial charge in [-0.1, -0.05) is 27.7 Å². The van der Waals surface area contributed by atoms with Gasteiger partial charge in [-0.05, 0) is 37.8 Å². The summed E-state index contributed by atoms with van der Waals surface area (Å²) in [7, 11) is -2.04. The second kappa shape index (κ2) is 5.65. The maximum absolute atomic E-state index is 9.81. The normalized spacial score (nSPS) is 26.7. The lowest BCUT2D eigenvalue weighted by Gasteiger charge is -2.38. The molecule has 1 rings (SSSR count). The summed E-state index contributed by atoms with van der Waals surface area (Å²) in [5.74, 6) is 0. The largest absolute Gasteiger partial charge is 0.437 e. The number of rotatable bonds is 4. The predicted molar refractivity (Wildman–Crippen MR) is 81.3 cm³/mol. The van der Waals surface area contributed by atoms with Gasteiger partial charge in [0, 0.05) is 12.6 Å². The van der Waals surface area contributed by atoms with Crippen LogP contribution in [0.1, 0.15) is 40.5 Å². The molecule has 5 heteroatoms. The molecule has 0 radical (unpaired) electrons. The maximum atomic E-state index is 9.81. The van der Waals surface area contributed by atoms with Gasteiger partial charge < -0.3 is 14.3 Å². The third kappa shape index (κ3) is 3.59. The topological polar surface area (TPSA) is 32.7 Å². The Hall–Kier alpha value is 0.162. The van der Waals surface area contributed by atoms with Crippen molar-refractivity contribution in [3.63, 3.8) is 0 Å². The molecular weight excluding hydrogens is 241 g/mol. The monoisotopic (exact) mass is 271 g/mol. The number of hydrogen-bond donors (Lipinski definition) is 1. The van der Waals surface area contributed by atoms with Crippen LogP contribution in [-0.2, 0) is 4.43 Å². The van der Waals surface area contributed by atoms with Crippen molar-refractivity contribution in [2.75, 3.05) is 6.54 Å². The lowest BCUT2D eigenvalue weighted by Crippen LogP contribution is -2.45. The molecule has 0 unspecified atom stereocenters. The molecule has 3 nitrogen and oxygen atoms in total. The van der Waals surface area contributed by atoms with Gasteiger partial charge >= 0.3 is 7.05 Å². The highest BCUT2D eigenvalue weighted by molar-refractivity contribution is 6.74. The molecule has 0 bridgehead atoms. The zero-order valence-electron chi connectivity index (χ0n) is 13.2. The first-order valence-corrected chi connectivity index (χ1v) is 10.1. The Labute approximate surface area is 114 Å². The summed E-state index contributed by atoms with van der Waals surface area (Å²) < 4.78 is 6.46. The first kappa shape index (κ1) is 16.2. The molecule has 0 saturated carbocycles. The minimum Gasteiger partial charge on any atom is -0.437 e. The van der Waals surface area contributed by atoms with Crippen molar-refractivity contribution in [3.05, 3.63) is 0 Å². The van der Waals surface area contributed by atoms with E-state index in [0.29, 0.717) is 12.1 Å². The van der Waals surface area contributed by atoms with E-state index in [2.05, 4.69) is 45.6 Å². The summed E-state index contributed by atoms with van der Waals surface area (Å²) >= 11 is 0. The van der Waals surface area contributed by atoms with Gasteiger partial charge in [0.15, 0.2) is 8.32 Å². The maximum Gasteiger partial charge on any atom is 0.376 e. The molecular formula is C13H30BNO2Si. The fourth-order valence-corrected chi connectivity index (χ4v) is 3.79. The summed E-state index contributed by atoms with van der Waals surface area (Å²) in [5, 5.41) is 10.1. The lowest BCUT2D eigenvalue weighted by atomic mass is 9.84. The van der Waals surface area contributed by atoms with Crippen LogP contribution in [0.15, 0.2) is 0 Å². The van der Waals surface area contributed by atoms with Gasteiger partial charge in [-0.3, -0.25) is 0 Å². The van der Waals surface area contributed by atoms with Crippen LogP contribution in [0, 0.1) is 0 Å². The van der Waals surface area contributed by atoms with Crippen LogP contribution in [0.5, 0.6) is 0 Å². The van der Waals surface area contributed by atoms with E-state index in [1.54, 1.807) is 0 Å². The van der Waals surface area contributed by atoms with Gasteiger partial charge in [0.1, 0.15) is 0 Å². The summed E-state index contributed by atoms with van der Waals surface area (Å²) in [6.45, 7) is 16.4. The molecule has 106 valence electrons. The van der Waals surface area contributed by atoms with Crippen molar-refractivity contribution >= 4 is 15.4 Å². The fraction of sp³-hybridized carbons (Fsp3) is 1.00. The first-order chi connectivity index (χ1) is 8.08. The van der Waals surface area contributed by atoms with E-state index in [0.717, 1.165) is 19.4 Å². The molecule has 1 aliphatic heterocycles. The summed E-state index contributed by atoms with van der Waals surface area (Å²) in [5.41, 5.74) is 0. The molecule has 2 atom stereocenters. The average Bonchev–Trinajstić information content (AvgIpc) is 2.58. The Morgan fingerprint density at radius 3 is 2.28 bits per heavy atom. The van der Waals surface area contributed by atoms with Gasteiger partial charge in [0.05, 0.1) is 6.10 Å². The minimum absolute atomic E-state index is 0.257. The summed E-state index contributed by atoms with van der Waals surface area (Å²) in [6.07, 6.45) is 2.45. The highest BCUT2D eigenvalue weighted by Gasteiger charge is 2.43. The lowest BCUT2D eigenvalue weighted by molar-refractivity contribution is 0.191. The fourth-order valence-electron chi connectivity index (χ4n) is 2.44. The third-order valence-corrected chi connectivity index (χ3v) is 9.17. The second-order valence-corrected chi connectivity index (χ2v) is 11.9. The zero-order valence-corrected chi connectivity index (χ0v) is 14.2. The van der Waals surface area contributed by atoms with Gasteiger partial charge in [-0.15, -0.1) is 0 Å². The first-order valence-electron chi connectivity index (χ1n) is 7.20. The van der Waals surface area contributed by atoms with Crippen LogP contribution < -0.4 is 0 Å². The summed E-state index contributed by atoms with van der Waals surface area (Å²) in [6, 6.07) is 0.472. The second-order valence-electron chi connectivity index (χ2n) is 7.13. The highest BCUT2D eigenvalue weighted by atomic mass is 28.4. The van der Waals surface area contributed by atoms with Crippen LogP contribution in [0.4, 0.5) is 0 Å². The molecule has 1 aliphatic rings. The van der Waals surface area contributed by atoms with E-state index in [1.165, 1.54) is 0 Å². The average molecular weight is 271 g/mol. The van der Waals surface area contributed by atoms with Crippen molar-refractivity contribution in [2.45, 2.75) is 77.6 Å². The molecule has 0 aliphatic carbocycles. The number of nitrogens with zero attached hydrogens (tertiary/aromatic N) is 1. The van der Waals surface area contributed by atoms with Gasteiger partial charge in [0.25, 0.3) is 0 Å². The summed E-state index contributed by atoms with van der Waals surface area (Å²) in [4.78, 5) is 2.18. The van der Waals surface area contributed by atoms with Crippen molar-refractivity contribution in [1.29, 1.82) is 0 Å². The van der Waals surface area contributed by atoms with E-state index in [4.69, 9.17) is 4.43 Å². The minimum atomic E-state index is -1.68. The number of hydrogen-bond acceptors (Lipinski definition) is 3. The van der Waals surface area contributed by atoms with Crippen LogP contribution in [0.25, 0.3) is 0 Å². The standard InChI is InChI=1S/C13H30BNO2Si/c1-8-11-9-12(10-15(11)14(5)16)17-18(6,7)13(2,3)4/h11-12,16H,8-10H2,1-7H3/t11-,12-/m0/s1. The molecule has 1 heterocycles. The molecule has 0 aromatic carbocycles. The van der Waals surface area contributed by atoms with Gasteiger partial charge in [-0.25, -0.2) is 0 Å². The van der Waals surface area contributed by atoms with Crippen molar-refractivity contribution < 1.29 is 9.45 Å².